The van der Waals surface area contributed by atoms with Gasteiger partial charge in [0, 0.05) is 74.4 Å². The monoisotopic (exact) mass is 635 g/mol. The highest BCUT2D eigenvalue weighted by molar-refractivity contribution is 7.16. The van der Waals surface area contributed by atoms with Gasteiger partial charge in [-0.15, -0.1) is 0 Å². The summed E-state index contributed by atoms with van der Waals surface area (Å²) in [7, 11) is 1.92. The van der Waals surface area contributed by atoms with Gasteiger partial charge >= 0.3 is 0 Å². The molecule has 2 saturated heterocycles. The van der Waals surface area contributed by atoms with Crippen LogP contribution >= 0.6 is 11.3 Å². The zero-order valence-electron chi connectivity index (χ0n) is 25.9. The van der Waals surface area contributed by atoms with Crippen molar-refractivity contribution < 1.29 is 9.18 Å². The number of nitrogens with zero attached hydrogens (tertiary/aromatic N) is 9. The maximum atomic E-state index is 13.6. The molecule has 7 rings (SSSR count). The molecule has 0 aliphatic carbocycles. The Morgan fingerprint density at radius 1 is 1.00 bits per heavy atom. The number of fused-ring (bicyclic) bond motifs is 1. The van der Waals surface area contributed by atoms with Crippen LogP contribution in [-0.4, -0.2) is 68.4 Å². The van der Waals surface area contributed by atoms with Crippen molar-refractivity contribution in [3.8, 4) is 28.5 Å². The average molecular weight is 636 g/mol. The lowest BCUT2D eigenvalue weighted by Crippen LogP contribution is -2.42. The zero-order valence-corrected chi connectivity index (χ0v) is 26.7. The van der Waals surface area contributed by atoms with E-state index in [-0.39, 0.29) is 11.7 Å². The van der Waals surface area contributed by atoms with Gasteiger partial charge in [-0.1, -0.05) is 18.3 Å². The lowest BCUT2D eigenvalue weighted by Gasteiger charge is -2.33. The molecule has 2 aliphatic rings. The van der Waals surface area contributed by atoms with Crippen molar-refractivity contribution in [2.75, 3.05) is 43.0 Å². The number of benzene rings is 1. The van der Waals surface area contributed by atoms with Gasteiger partial charge in [-0.25, -0.2) is 24.3 Å². The first kappa shape index (κ1) is 29.8. The Kier molecular flexibility index (Phi) is 8.09. The molecule has 4 aromatic heterocycles. The fraction of sp³-hybridized carbons (Fsp3) is 0.353. The van der Waals surface area contributed by atoms with Crippen LogP contribution < -0.4 is 9.80 Å². The highest BCUT2D eigenvalue weighted by atomic mass is 32.1. The van der Waals surface area contributed by atoms with E-state index in [9.17, 15) is 14.4 Å². The summed E-state index contributed by atoms with van der Waals surface area (Å²) in [5, 5.41) is 10.5. The molecule has 0 unspecified atom stereocenters. The van der Waals surface area contributed by atoms with Crippen LogP contribution in [0.1, 0.15) is 43.2 Å². The maximum absolute atomic E-state index is 13.6. The summed E-state index contributed by atoms with van der Waals surface area (Å²) in [6, 6.07) is 12.3. The van der Waals surface area contributed by atoms with Crippen LogP contribution in [0.2, 0.25) is 0 Å². The number of carbonyl (C=O) groups excluding carboxylic acids is 1. The van der Waals surface area contributed by atoms with E-state index in [1.54, 1.807) is 12.1 Å². The van der Waals surface area contributed by atoms with Crippen LogP contribution in [-0.2, 0) is 11.2 Å². The number of thiazole rings is 1. The minimum atomic E-state index is -0.338. The molecule has 10 nitrogen and oxygen atoms in total. The molecule has 5 aromatic rings. The van der Waals surface area contributed by atoms with Gasteiger partial charge in [-0.05, 0) is 68.5 Å². The van der Waals surface area contributed by atoms with Gasteiger partial charge in [-0.2, -0.15) is 5.26 Å². The van der Waals surface area contributed by atoms with Crippen LogP contribution in [0, 0.1) is 23.1 Å². The summed E-state index contributed by atoms with van der Waals surface area (Å²) in [6.45, 7) is 5.40. The van der Waals surface area contributed by atoms with E-state index < -0.39 is 0 Å². The van der Waals surface area contributed by atoms with Gasteiger partial charge in [0.1, 0.15) is 33.9 Å². The van der Waals surface area contributed by atoms with Crippen molar-refractivity contribution in [3.05, 3.63) is 71.4 Å². The summed E-state index contributed by atoms with van der Waals surface area (Å²) < 4.78 is 15.6. The van der Waals surface area contributed by atoms with Crippen molar-refractivity contribution in [2.45, 2.75) is 39.0 Å². The molecule has 6 heterocycles. The third-order valence-electron chi connectivity index (χ3n) is 8.95. The Morgan fingerprint density at radius 3 is 2.37 bits per heavy atom. The smallest absolute Gasteiger partial charge is 0.225 e. The van der Waals surface area contributed by atoms with Crippen molar-refractivity contribution in [1.29, 1.82) is 5.26 Å². The number of hydrogen-bond donors (Lipinski definition) is 0. The molecule has 0 N–H and O–H groups in total. The number of aromatic nitrogens is 5. The summed E-state index contributed by atoms with van der Waals surface area (Å²) in [5.41, 5.74) is 4.73. The van der Waals surface area contributed by atoms with Gasteiger partial charge in [0.25, 0.3) is 0 Å². The molecule has 0 radical (unpaired) electrons. The Bertz CT molecular complexity index is 1920. The Balaban J connectivity index is 1.12. The predicted octanol–water partition coefficient (Wildman–Crippen LogP) is 6.09. The van der Waals surface area contributed by atoms with Crippen molar-refractivity contribution >= 4 is 39.8 Å². The third kappa shape index (κ3) is 5.56. The molecule has 12 heteroatoms. The van der Waals surface area contributed by atoms with Crippen molar-refractivity contribution in [2.24, 2.45) is 5.92 Å². The van der Waals surface area contributed by atoms with Crippen LogP contribution in [0.25, 0.3) is 28.0 Å². The normalized spacial score (nSPS) is 15.4. The number of pyridine rings is 1. The first-order valence-electron chi connectivity index (χ1n) is 15.7. The summed E-state index contributed by atoms with van der Waals surface area (Å²) in [5.74, 6) is 1.61. The molecule has 0 bridgehead atoms. The molecule has 0 spiro atoms. The predicted molar refractivity (Wildman–Crippen MR) is 177 cm³/mol. The Hall–Kier alpha value is -4.89. The molecule has 1 aromatic carbocycles. The number of imidazole rings is 1. The standard InChI is InChI=1S/C34H34FN9OS/c1-3-27-31(41(2)34-40-30(28(18-36)46-34)22-6-9-26(35)10-7-22)44-21-24(8-11-29(44)39-27)25-19-37-33(38-20-25)43-16-12-23(13-17-43)32(45)42-14-4-5-15-42/h6-11,19-21,23H,3-5,12-17H2,1-2H3. The van der Waals surface area contributed by atoms with E-state index in [4.69, 9.17) is 19.9 Å². The van der Waals surface area contributed by atoms with Gasteiger partial charge in [0.05, 0.1) is 5.69 Å². The molecule has 234 valence electrons. The number of piperidine rings is 1. The van der Waals surface area contributed by atoms with Crippen LogP contribution in [0.3, 0.4) is 0 Å². The molecule has 2 aliphatic heterocycles. The number of rotatable bonds is 7. The minimum absolute atomic E-state index is 0.0984. The number of carbonyl (C=O) groups is 1. The van der Waals surface area contributed by atoms with Crippen LogP contribution in [0.15, 0.2) is 55.0 Å². The number of amides is 1. The molecule has 0 atom stereocenters. The van der Waals surface area contributed by atoms with E-state index in [0.717, 1.165) is 80.1 Å². The largest absolute Gasteiger partial charge is 0.342 e. The lowest BCUT2D eigenvalue weighted by atomic mass is 9.95. The van der Waals surface area contributed by atoms with E-state index in [1.165, 1.54) is 23.5 Å². The molecule has 1 amide bonds. The Morgan fingerprint density at radius 2 is 1.70 bits per heavy atom. The molecule has 2 fully saturated rings. The number of anilines is 3. The van der Waals surface area contributed by atoms with Gasteiger partial charge in [0.15, 0.2) is 5.13 Å². The topological polar surface area (TPSA) is 107 Å². The third-order valence-corrected chi connectivity index (χ3v) is 9.99. The highest BCUT2D eigenvalue weighted by Crippen LogP contribution is 2.37. The number of likely N-dealkylation sites (tertiary alicyclic amines) is 1. The molecule has 0 saturated carbocycles. The summed E-state index contributed by atoms with van der Waals surface area (Å²) in [4.78, 5) is 38.6. The van der Waals surface area contributed by atoms with Crippen molar-refractivity contribution in [1.82, 2.24) is 29.2 Å². The van der Waals surface area contributed by atoms with Gasteiger partial charge < -0.3 is 14.7 Å². The molecular weight excluding hydrogens is 602 g/mol. The number of nitriles is 1. The number of hydrogen-bond acceptors (Lipinski definition) is 9. The second kappa shape index (κ2) is 12.5. The SMILES string of the molecule is CCc1nc2ccc(-c3cnc(N4CCC(C(=O)N5CCCC5)CC4)nc3)cn2c1N(C)c1nc(-c2ccc(F)cc2)c(C#N)s1. The highest BCUT2D eigenvalue weighted by Gasteiger charge is 2.30. The molecular formula is C34H34FN9OS. The quantitative estimate of drug-likeness (QED) is 0.211. The maximum Gasteiger partial charge on any atom is 0.225 e. The first-order valence-corrected chi connectivity index (χ1v) is 16.5. The van der Waals surface area contributed by atoms with E-state index in [1.807, 2.05) is 52.0 Å². The van der Waals surface area contributed by atoms with E-state index in [2.05, 4.69) is 17.9 Å². The summed E-state index contributed by atoms with van der Waals surface area (Å²) >= 11 is 1.29. The van der Waals surface area contributed by atoms with E-state index in [0.29, 0.717) is 39.5 Å². The minimum Gasteiger partial charge on any atom is -0.342 e. The van der Waals surface area contributed by atoms with Crippen molar-refractivity contribution in [3.63, 3.8) is 0 Å². The Labute approximate surface area is 270 Å². The fourth-order valence-corrected chi connectivity index (χ4v) is 7.27. The van der Waals surface area contributed by atoms with E-state index >= 15 is 0 Å². The van der Waals surface area contributed by atoms with Gasteiger partial charge in [-0.3, -0.25) is 9.20 Å². The first-order chi connectivity index (χ1) is 22.4. The second-order valence-corrected chi connectivity index (χ2v) is 12.8. The van der Waals surface area contributed by atoms with Crippen LogP contribution in [0.5, 0.6) is 0 Å². The van der Waals surface area contributed by atoms with Crippen LogP contribution in [0.4, 0.5) is 21.3 Å². The molecule has 46 heavy (non-hydrogen) atoms. The number of halogens is 1. The average Bonchev–Trinajstić information content (AvgIpc) is 3.87. The van der Waals surface area contributed by atoms with Gasteiger partial charge in [0.2, 0.25) is 11.9 Å². The second-order valence-electron chi connectivity index (χ2n) is 11.8. The fourth-order valence-electron chi connectivity index (χ4n) is 6.42. The zero-order chi connectivity index (χ0) is 31.8. The number of aryl methyl sites for hydroxylation is 1. The lowest BCUT2D eigenvalue weighted by molar-refractivity contribution is -0.135. The summed E-state index contributed by atoms with van der Waals surface area (Å²) in [6.07, 6.45) is 10.3.